The monoisotopic (exact) mass is 197 g/mol. The molecule has 2 unspecified atom stereocenters. The molecule has 14 heavy (non-hydrogen) atoms. The zero-order valence-corrected chi connectivity index (χ0v) is 8.78. The Balaban J connectivity index is 1.74. The van der Waals surface area contributed by atoms with Crippen LogP contribution in [0.1, 0.15) is 32.6 Å². The van der Waals surface area contributed by atoms with Crippen LogP contribution in [0.2, 0.25) is 0 Å². The summed E-state index contributed by atoms with van der Waals surface area (Å²) in [6.07, 6.45) is 3.81. The van der Waals surface area contributed by atoms with Crippen molar-refractivity contribution < 1.29 is 9.90 Å². The van der Waals surface area contributed by atoms with E-state index in [9.17, 15) is 4.79 Å². The Labute approximate surface area is 85.1 Å². The lowest BCUT2D eigenvalue weighted by Gasteiger charge is -2.41. The van der Waals surface area contributed by atoms with Crippen molar-refractivity contribution in [2.24, 2.45) is 11.8 Å². The number of carbonyl (C=O) groups is 1. The maximum atomic E-state index is 10.6. The maximum absolute atomic E-state index is 10.6. The molecule has 0 amide bonds. The second-order valence-corrected chi connectivity index (χ2v) is 4.99. The number of hydrogen-bond acceptors (Lipinski definition) is 2. The summed E-state index contributed by atoms with van der Waals surface area (Å²) in [6, 6.07) is 0.690. The van der Waals surface area contributed by atoms with E-state index in [1.807, 2.05) is 0 Å². The van der Waals surface area contributed by atoms with Gasteiger partial charge in [0, 0.05) is 25.6 Å². The molecule has 0 aromatic heterocycles. The molecule has 1 heterocycles. The van der Waals surface area contributed by atoms with E-state index in [4.69, 9.17) is 5.11 Å². The SMILES string of the molecule is CC1CN(C2CCC(CC(=O)O)C2)C1. The first kappa shape index (κ1) is 9.97. The average molecular weight is 197 g/mol. The lowest BCUT2D eigenvalue weighted by Crippen LogP contribution is -2.50. The summed E-state index contributed by atoms with van der Waals surface area (Å²) in [5.41, 5.74) is 0. The van der Waals surface area contributed by atoms with E-state index >= 15 is 0 Å². The van der Waals surface area contributed by atoms with Crippen LogP contribution in [0.5, 0.6) is 0 Å². The predicted octanol–water partition coefficient (Wildman–Crippen LogP) is 1.58. The number of aliphatic carboxylic acids is 1. The van der Waals surface area contributed by atoms with Gasteiger partial charge in [-0.2, -0.15) is 0 Å². The molecule has 3 nitrogen and oxygen atoms in total. The van der Waals surface area contributed by atoms with Gasteiger partial charge < -0.3 is 5.11 Å². The van der Waals surface area contributed by atoms with Gasteiger partial charge in [0.1, 0.15) is 0 Å². The largest absolute Gasteiger partial charge is 0.481 e. The summed E-state index contributed by atoms with van der Waals surface area (Å²) >= 11 is 0. The molecule has 0 aromatic carbocycles. The minimum absolute atomic E-state index is 0.375. The molecule has 1 aliphatic heterocycles. The van der Waals surface area contributed by atoms with Crippen molar-refractivity contribution in [3.05, 3.63) is 0 Å². The van der Waals surface area contributed by atoms with Crippen molar-refractivity contribution >= 4 is 5.97 Å². The van der Waals surface area contributed by atoms with Gasteiger partial charge in [0.05, 0.1) is 0 Å². The van der Waals surface area contributed by atoms with E-state index in [0.717, 1.165) is 18.8 Å². The molecule has 80 valence electrons. The molecule has 1 N–H and O–H groups in total. The van der Waals surface area contributed by atoms with E-state index < -0.39 is 5.97 Å². The molecule has 1 saturated carbocycles. The molecule has 2 rings (SSSR count). The number of carboxylic acid groups (broad SMARTS) is 1. The first-order valence-corrected chi connectivity index (χ1v) is 5.61. The maximum Gasteiger partial charge on any atom is 0.303 e. The third-order valence-corrected chi connectivity index (χ3v) is 3.59. The van der Waals surface area contributed by atoms with E-state index in [-0.39, 0.29) is 0 Å². The Kier molecular flexibility index (Phi) is 2.77. The van der Waals surface area contributed by atoms with Crippen LogP contribution in [0.15, 0.2) is 0 Å². The molecule has 2 atom stereocenters. The van der Waals surface area contributed by atoms with Gasteiger partial charge in [-0.15, -0.1) is 0 Å². The summed E-state index contributed by atoms with van der Waals surface area (Å²) < 4.78 is 0. The van der Waals surface area contributed by atoms with Crippen LogP contribution < -0.4 is 0 Å². The van der Waals surface area contributed by atoms with Gasteiger partial charge in [0.2, 0.25) is 0 Å². The van der Waals surface area contributed by atoms with Crippen molar-refractivity contribution in [3.63, 3.8) is 0 Å². The minimum Gasteiger partial charge on any atom is -0.481 e. The van der Waals surface area contributed by atoms with E-state index in [0.29, 0.717) is 18.4 Å². The van der Waals surface area contributed by atoms with Crippen LogP contribution >= 0.6 is 0 Å². The summed E-state index contributed by atoms with van der Waals surface area (Å²) in [4.78, 5) is 13.1. The highest BCUT2D eigenvalue weighted by atomic mass is 16.4. The van der Waals surface area contributed by atoms with Crippen LogP contribution in [0.3, 0.4) is 0 Å². The van der Waals surface area contributed by atoms with Crippen LogP contribution in [-0.4, -0.2) is 35.1 Å². The lowest BCUT2D eigenvalue weighted by atomic mass is 9.98. The Morgan fingerprint density at radius 2 is 2.14 bits per heavy atom. The zero-order chi connectivity index (χ0) is 10.1. The van der Waals surface area contributed by atoms with Gasteiger partial charge in [0.15, 0.2) is 0 Å². The molecule has 0 bridgehead atoms. The van der Waals surface area contributed by atoms with Gasteiger partial charge in [-0.05, 0) is 31.1 Å². The molecule has 0 radical (unpaired) electrons. The number of carboxylic acids is 1. The Bertz CT molecular complexity index is 223. The van der Waals surface area contributed by atoms with Gasteiger partial charge >= 0.3 is 5.97 Å². The fourth-order valence-corrected chi connectivity index (χ4v) is 2.86. The fraction of sp³-hybridized carbons (Fsp3) is 0.909. The summed E-state index contributed by atoms with van der Waals surface area (Å²) in [5.74, 6) is 0.662. The molecule has 0 aromatic rings. The number of likely N-dealkylation sites (tertiary alicyclic amines) is 1. The predicted molar refractivity (Wildman–Crippen MR) is 54.1 cm³/mol. The highest BCUT2D eigenvalue weighted by Crippen LogP contribution is 2.34. The standard InChI is InChI=1S/C11H19NO2/c1-8-6-12(7-8)10-3-2-9(4-10)5-11(13)14/h8-10H,2-7H2,1H3,(H,13,14). The Morgan fingerprint density at radius 3 is 2.71 bits per heavy atom. The van der Waals surface area contributed by atoms with E-state index in [2.05, 4.69) is 11.8 Å². The smallest absolute Gasteiger partial charge is 0.303 e. The van der Waals surface area contributed by atoms with Crippen molar-refractivity contribution in [2.75, 3.05) is 13.1 Å². The van der Waals surface area contributed by atoms with Gasteiger partial charge in [-0.3, -0.25) is 9.69 Å². The molecule has 2 aliphatic rings. The van der Waals surface area contributed by atoms with Crippen molar-refractivity contribution in [1.82, 2.24) is 4.90 Å². The van der Waals surface area contributed by atoms with Gasteiger partial charge in [-0.25, -0.2) is 0 Å². The summed E-state index contributed by atoms with van der Waals surface area (Å²) in [6.45, 7) is 4.73. The molecule has 0 spiro atoms. The summed E-state index contributed by atoms with van der Waals surface area (Å²) in [7, 11) is 0. The van der Waals surface area contributed by atoms with Crippen LogP contribution in [0.4, 0.5) is 0 Å². The quantitative estimate of drug-likeness (QED) is 0.746. The Hall–Kier alpha value is -0.570. The first-order valence-electron chi connectivity index (χ1n) is 5.61. The lowest BCUT2D eigenvalue weighted by molar-refractivity contribution is -0.138. The first-order chi connectivity index (χ1) is 6.65. The highest BCUT2D eigenvalue weighted by Gasteiger charge is 2.35. The molecule has 1 aliphatic carbocycles. The van der Waals surface area contributed by atoms with Gasteiger partial charge in [-0.1, -0.05) is 6.92 Å². The van der Waals surface area contributed by atoms with E-state index in [1.165, 1.54) is 19.5 Å². The minimum atomic E-state index is -0.632. The molecule has 3 heteroatoms. The van der Waals surface area contributed by atoms with Crippen LogP contribution in [0.25, 0.3) is 0 Å². The second kappa shape index (κ2) is 3.89. The number of nitrogens with zero attached hydrogens (tertiary/aromatic N) is 1. The van der Waals surface area contributed by atoms with E-state index in [1.54, 1.807) is 0 Å². The van der Waals surface area contributed by atoms with Crippen LogP contribution in [0, 0.1) is 11.8 Å². The highest BCUT2D eigenvalue weighted by molar-refractivity contribution is 5.67. The molecule has 1 saturated heterocycles. The fourth-order valence-electron chi connectivity index (χ4n) is 2.86. The Morgan fingerprint density at radius 1 is 1.43 bits per heavy atom. The van der Waals surface area contributed by atoms with Crippen LogP contribution in [-0.2, 0) is 4.79 Å². The average Bonchev–Trinajstić information content (AvgIpc) is 2.46. The third kappa shape index (κ3) is 2.08. The second-order valence-electron chi connectivity index (χ2n) is 4.99. The third-order valence-electron chi connectivity index (χ3n) is 3.59. The summed E-state index contributed by atoms with van der Waals surface area (Å²) in [5, 5.41) is 8.70. The molecular formula is C11H19NO2. The van der Waals surface area contributed by atoms with Crippen molar-refractivity contribution in [3.8, 4) is 0 Å². The van der Waals surface area contributed by atoms with Gasteiger partial charge in [0.25, 0.3) is 0 Å². The van der Waals surface area contributed by atoms with Crippen molar-refractivity contribution in [2.45, 2.75) is 38.6 Å². The topological polar surface area (TPSA) is 40.5 Å². The molecule has 2 fully saturated rings. The normalized spacial score (nSPS) is 34.4. The zero-order valence-electron chi connectivity index (χ0n) is 8.78. The number of rotatable bonds is 3. The van der Waals surface area contributed by atoms with Crippen molar-refractivity contribution in [1.29, 1.82) is 0 Å². The molecular weight excluding hydrogens is 178 g/mol. The number of hydrogen-bond donors (Lipinski definition) is 1.